The van der Waals surface area contributed by atoms with Crippen molar-refractivity contribution < 1.29 is 4.79 Å². The predicted molar refractivity (Wildman–Crippen MR) is 62.5 cm³/mol. The lowest BCUT2D eigenvalue weighted by molar-refractivity contribution is -0.115. The maximum atomic E-state index is 11.2. The molecule has 0 aliphatic heterocycles. The van der Waals surface area contributed by atoms with Gasteiger partial charge in [0.05, 0.1) is 6.07 Å². The number of benzene rings is 1. The molecular weight excluding hydrogens is 256 g/mol. The van der Waals surface area contributed by atoms with Crippen molar-refractivity contribution in [2.24, 2.45) is 0 Å². The molecule has 1 aromatic carbocycles. The molecule has 3 nitrogen and oxygen atoms in total. The normalized spacial score (nSPS) is 9.47. The number of rotatable bonds is 2. The van der Waals surface area contributed by atoms with E-state index >= 15 is 0 Å². The lowest BCUT2D eigenvalue weighted by Gasteiger charge is -2.09. The number of aryl methyl sites for hydroxylation is 1. The van der Waals surface area contributed by atoms with Gasteiger partial charge < -0.3 is 5.32 Å². The second-order valence-corrected chi connectivity index (χ2v) is 4.16. The minimum Gasteiger partial charge on any atom is -0.325 e. The van der Waals surface area contributed by atoms with Crippen molar-refractivity contribution in [1.82, 2.24) is 0 Å². The Kier molecular flexibility index (Phi) is 3.87. The number of halogens is 1. The molecule has 0 heterocycles. The van der Waals surface area contributed by atoms with E-state index in [1.807, 2.05) is 32.0 Å². The summed E-state index contributed by atoms with van der Waals surface area (Å²) in [5.74, 6) is -0.280. The monoisotopic (exact) mass is 266 g/mol. The fraction of sp³-hybridized carbons (Fsp3) is 0.273. The average Bonchev–Trinajstić information content (AvgIpc) is 2.13. The van der Waals surface area contributed by atoms with Crippen LogP contribution in [0.2, 0.25) is 0 Å². The van der Waals surface area contributed by atoms with Crippen LogP contribution in [0.1, 0.15) is 17.5 Å². The molecular formula is C11H11BrN2O. The summed E-state index contributed by atoms with van der Waals surface area (Å²) in [6, 6.07) is 5.68. The largest absolute Gasteiger partial charge is 0.325 e. The zero-order valence-corrected chi connectivity index (χ0v) is 10.2. The van der Waals surface area contributed by atoms with Crippen LogP contribution >= 0.6 is 15.9 Å². The Morgan fingerprint density at radius 1 is 1.53 bits per heavy atom. The van der Waals surface area contributed by atoms with Crippen LogP contribution in [0, 0.1) is 25.2 Å². The van der Waals surface area contributed by atoms with Crippen LogP contribution in [0.15, 0.2) is 16.6 Å². The fourth-order valence-electron chi connectivity index (χ4n) is 1.21. The summed E-state index contributed by atoms with van der Waals surface area (Å²) in [7, 11) is 0. The average molecular weight is 267 g/mol. The summed E-state index contributed by atoms with van der Waals surface area (Å²) in [6.07, 6.45) is -0.120. The molecule has 0 saturated carbocycles. The van der Waals surface area contributed by atoms with E-state index in [-0.39, 0.29) is 12.3 Å². The van der Waals surface area contributed by atoms with E-state index in [1.54, 1.807) is 0 Å². The van der Waals surface area contributed by atoms with Crippen LogP contribution in [-0.4, -0.2) is 5.91 Å². The van der Waals surface area contributed by atoms with Crippen LogP contribution in [0.4, 0.5) is 5.69 Å². The third kappa shape index (κ3) is 3.07. The minimum atomic E-state index is -0.280. The van der Waals surface area contributed by atoms with Crippen molar-refractivity contribution in [2.45, 2.75) is 20.3 Å². The molecule has 1 aromatic rings. The van der Waals surface area contributed by atoms with Crippen LogP contribution in [-0.2, 0) is 4.79 Å². The van der Waals surface area contributed by atoms with Crippen molar-refractivity contribution in [3.05, 3.63) is 27.7 Å². The summed E-state index contributed by atoms with van der Waals surface area (Å²) in [5, 5.41) is 11.1. The Morgan fingerprint density at radius 3 is 2.80 bits per heavy atom. The van der Waals surface area contributed by atoms with Gasteiger partial charge in [-0.15, -0.1) is 0 Å². The van der Waals surface area contributed by atoms with Gasteiger partial charge >= 0.3 is 0 Å². The van der Waals surface area contributed by atoms with Crippen LogP contribution < -0.4 is 5.32 Å². The van der Waals surface area contributed by atoms with Gasteiger partial charge in [-0.05, 0) is 37.1 Å². The van der Waals surface area contributed by atoms with Gasteiger partial charge in [-0.3, -0.25) is 4.79 Å². The molecule has 78 valence electrons. The molecule has 0 aliphatic rings. The lowest BCUT2D eigenvalue weighted by Crippen LogP contribution is -2.11. The predicted octanol–water partition coefficient (Wildman–Crippen LogP) is 2.92. The minimum absolute atomic E-state index is 0.120. The number of nitrogens with zero attached hydrogens (tertiary/aromatic N) is 1. The molecule has 0 fully saturated rings. The summed E-state index contributed by atoms with van der Waals surface area (Å²) in [6.45, 7) is 3.86. The van der Waals surface area contributed by atoms with Gasteiger partial charge in [0.2, 0.25) is 5.91 Å². The van der Waals surface area contributed by atoms with Gasteiger partial charge in [0.25, 0.3) is 0 Å². The van der Waals surface area contributed by atoms with Crippen molar-refractivity contribution >= 4 is 27.5 Å². The quantitative estimate of drug-likeness (QED) is 0.895. The van der Waals surface area contributed by atoms with E-state index in [4.69, 9.17) is 5.26 Å². The molecule has 1 rings (SSSR count). The second kappa shape index (κ2) is 4.94. The summed E-state index contributed by atoms with van der Waals surface area (Å²) >= 11 is 3.41. The highest BCUT2D eigenvalue weighted by atomic mass is 79.9. The van der Waals surface area contributed by atoms with E-state index < -0.39 is 0 Å². The van der Waals surface area contributed by atoms with E-state index in [0.29, 0.717) is 0 Å². The molecule has 0 bridgehead atoms. The zero-order chi connectivity index (χ0) is 11.4. The summed E-state index contributed by atoms with van der Waals surface area (Å²) in [5.41, 5.74) is 2.77. The van der Waals surface area contributed by atoms with Gasteiger partial charge in [-0.25, -0.2) is 0 Å². The number of anilines is 1. The molecule has 0 spiro atoms. The van der Waals surface area contributed by atoms with E-state index in [9.17, 15) is 4.79 Å². The van der Waals surface area contributed by atoms with Gasteiger partial charge in [0.1, 0.15) is 6.42 Å². The molecule has 4 heteroatoms. The number of nitrogens with one attached hydrogen (secondary N) is 1. The van der Waals surface area contributed by atoms with E-state index in [1.165, 1.54) is 0 Å². The summed E-state index contributed by atoms with van der Waals surface area (Å²) in [4.78, 5) is 11.2. The first-order valence-corrected chi connectivity index (χ1v) is 5.27. The van der Waals surface area contributed by atoms with Crippen LogP contribution in [0.5, 0.6) is 0 Å². The lowest BCUT2D eigenvalue weighted by atomic mass is 10.1. The Morgan fingerprint density at radius 2 is 2.20 bits per heavy atom. The third-order valence-corrected chi connectivity index (χ3v) is 2.83. The first-order valence-electron chi connectivity index (χ1n) is 4.48. The highest BCUT2D eigenvalue weighted by Crippen LogP contribution is 2.25. The molecule has 0 unspecified atom stereocenters. The maximum absolute atomic E-state index is 11.2. The highest BCUT2D eigenvalue weighted by Gasteiger charge is 2.07. The molecule has 1 amide bonds. The van der Waals surface area contributed by atoms with Gasteiger partial charge in [0.15, 0.2) is 0 Å². The van der Waals surface area contributed by atoms with Crippen molar-refractivity contribution in [3.8, 4) is 6.07 Å². The Hall–Kier alpha value is -1.34. The van der Waals surface area contributed by atoms with Crippen LogP contribution in [0.3, 0.4) is 0 Å². The molecule has 0 aromatic heterocycles. The molecule has 0 radical (unpaired) electrons. The first kappa shape index (κ1) is 11.7. The van der Waals surface area contributed by atoms with Crippen LogP contribution in [0.25, 0.3) is 0 Å². The first-order chi connectivity index (χ1) is 7.04. The number of carbonyl (C=O) groups excluding carboxylic acids is 1. The number of hydrogen-bond acceptors (Lipinski definition) is 2. The fourth-order valence-corrected chi connectivity index (χ4v) is 1.79. The smallest absolute Gasteiger partial charge is 0.238 e. The molecule has 0 saturated heterocycles. The van der Waals surface area contributed by atoms with Gasteiger partial charge in [-0.2, -0.15) is 5.26 Å². The molecule has 15 heavy (non-hydrogen) atoms. The van der Waals surface area contributed by atoms with E-state index in [2.05, 4.69) is 21.2 Å². The van der Waals surface area contributed by atoms with Crippen molar-refractivity contribution in [3.63, 3.8) is 0 Å². The summed E-state index contributed by atoms with van der Waals surface area (Å²) < 4.78 is 0.953. The number of nitriles is 1. The Labute approximate surface area is 97.2 Å². The standard InChI is InChI=1S/C11H11BrN2O/c1-7-5-9(12)8(2)10(6-7)14-11(15)3-4-13/h5-6H,3H2,1-2H3,(H,14,15). The number of amides is 1. The third-order valence-electron chi connectivity index (χ3n) is 2.00. The van der Waals surface area contributed by atoms with Gasteiger partial charge in [0, 0.05) is 10.2 Å². The van der Waals surface area contributed by atoms with Crippen molar-refractivity contribution in [1.29, 1.82) is 5.26 Å². The number of carbonyl (C=O) groups is 1. The Bertz CT molecular complexity index is 435. The Balaban J connectivity index is 2.95. The SMILES string of the molecule is Cc1cc(Br)c(C)c(NC(=O)CC#N)c1. The molecule has 0 atom stereocenters. The molecule has 1 N–H and O–H groups in total. The van der Waals surface area contributed by atoms with Crippen molar-refractivity contribution in [2.75, 3.05) is 5.32 Å². The highest BCUT2D eigenvalue weighted by molar-refractivity contribution is 9.10. The molecule has 0 aliphatic carbocycles. The second-order valence-electron chi connectivity index (χ2n) is 3.30. The maximum Gasteiger partial charge on any atom is 0.238 e. The topological polar surface area (TPSA) is 52.9 Å². The zero-order valence-electron chi connectivity index (χ0n) is 8.60. The van der Waals surface area contributed by atoms with E-state index in [0.717, 1.165) is 21.3 Å². The number of hydrogen-bond donors (Lipinski definition) is 1. The van der Waals surface area contributed by atoms with Gasteiger partial charge in [-0.1, -0.05) is 15.9 Å².